The van der Waals surface area contributed by atoms with Crippen molar-refractivity contribution in [3.63, 3.8) is 0 Å². The molecule has 0 N–H and O–H groups in total. The van der Waals surface area contributed by atoms with Crippen LogP contribution in [0.3, 0.4) is 0 Å². The summed E-state index contributed by atoms with van der Waals surface area (Å²) in [5.74, 6) is 0.596. The van der Waals surface area contributed by atoms with E-state index in [4.69, 9.17) is 0 Å². The Morgan fingerprint density at radius 2 is 1.80 bits per heavy atom. The molecule has 2 rings (SSSR count). The fourth-order valence-electron chi connectivity index (χ4n) is 2.81. The molecule has 0 aromatic heterocycles. The quantitative estimate of drug-likeness (QED) is 0.651. The molecular weight excluding hydrogens is 188 g/mol. The fourth-order valence-corrected chi connectivity index (χ4v) is 2.81. The molecule has 3 nitrogen and oxygen atoms in total. The SMILES string of the molecule is CC(C)C1CCCN1C(=O)N1CCCC1. The molecule has 2 amide bonds. The second-order valence-corrected chi connectivity index (χ2v) is 5.12. The van der Waals surface area contributed by atoms with Crippen molar-refractivity contribution in [2.24, 2.45) is 5.92 Å². The van der Waals surface area contributed by atoms with E-state index in [0.717, 1.165) is 19.6 Å². The Labute approximate surface area is 92.4 Å². The van der Waals surface area contributed by atoms with Crippen LogP contribution in [0.1, 0.15) is 39.5 Å². The van der Waals surface area contributed by atoms with Crippen molar-refractivity contribution < 1.29 is 4.79 Å². The highest BCUT2D eigenvalue weighted by Gasteiger charge is 2.33. The Bertz CT molecular complexity index is 234. The predicted octanol–water partition coefficient (Wildman–Crippen LogP) is 2.32. The van der Waals surface area contributed by atoms with Gasteiger partial charge >= 0.3 is 6.03 Å². The molecule has 15 heavy (non-hydrogen) atoms. The molecule has 0 bridgehead atoms. The molecule has 86 valence electrons. The van der Waals surface area contributed by atoms with E-state index in [9.17, 15) is 4.79 Å². The Morgan fingerprint density at radius 1 is 1.13 bits per heavy atom. The summed E-state index contributed by atoms with van der Waals surface area (Å²) in [7, 11) is 0. The summed E-state index contributed by atoms with van der Waals surface area (Å²) >= 11 is 0. The summed E-state index contributed by atoms with van der Waals surface area (Å²) in [6.45, 7) is 7.36. The maximum Gasteiger partial charge on any atom is 0.320 e. The van der Waals surface area contributed by atoms with E-state index in [1.807, 2.05) is 4.90 Å². The van der Waals surface area contributed by atoms with Crippen molar-refractivity contribution in [2.75, 3.05) is 19.6 Å². The molecule has 0 spiro atoms. The number of hydrogen-bond acceptors (Lipinski definition) is 1. The molecule has 2 fully saturated rings. The summed E-state index contributed by atoms with van der Waals surface area (Å²) in [6, 6.07) is 0.779. The zero-order valence-electron chi connectivity index (χ0n) is 9.91. The van der Waals surface area contributed by atoms with E-state index in [1.165, 1.54) is 25.7 Å². The zero-order chi connectivity index (χ0) is 10.8. The molecule has 2 heterocycles. The summed E-state index contributed by atoms with van der Waals surface area (Å²) < 4.78 is 0. The van der Waals surface area contributed by atoms with Crippen LogP contribution < -0.4 is 0 Å². The molecule has 0 saturated carbocycles. The van der Waals surface area contributed by atoms with Gasteiger partial charge in [0.25, 0.3) is 0 Å². The van der Waals surface area contributed by atoms with Crippen LogP contribution in [0.15, 0.2) is 0 Å². The van der Waals surface area contributed by atoms with Gasteiger partial charge in [0.05, 0.1) is 0 Å². The van der Waals surface area contributed by atoms with Crippen molar-refractivity contribution in [1.82, 2.24) is 9.80 Å². The van der Waals surface area contributed by atoms with Crippen LogP contribution in [0.25, 0.3) is 0 Å². The lowest BCUT2D eigenvalue weighted by atomic mass is 10.0. The molecule has 0 radical (unpaired) electrons. The van der Waals surface area contributed by atoms with E-state index in [0.29, 0.717) is 18.0 Å². The van der Waals surface area contributed by atoms with E-state index >= 15 is 0 Å². The highest BCUT2D eigenvalue weighted by molar-refractivity contribution is 5.75. The average molecular weight is 210 g/mol. The highest BCUT2D eigenvalue weighted by Crippen LogP contribution is 2.25. The van der Waals surface area contributed by atoms with E-state index < -0.39 is 0 Å². The van der Waals surface area contributed by atoms with Crippen molar-refractivity contribution in [1.29, 1.82) is 0 Å². The first-order valence-corrected chi connectivity index (χ1v) is 6.25. The van der Waals surface area contributed by atoms with Gasteiger partial charge in [-0.3, -0.25) is 0 Å². The van der Waals surface area contributed by atoms with Gasteiger partial charge in [0, 0.05) is 25.7 Å². The molecular formula is C12H22N2O. The molecule has 2 aliphatic heterocycles. The van der Waals surface area contributed by atoms with Crippen LogP contribution in [-0.4, -0.2) is 41.5 Å². The number of carbonyl (C=O) groups excluding carboxylic acids is 1. The van der Waals surface area contributed by atoms with Crippen LogP contribution in [0.5, 0.6) is 0 Å². The standard InChI is InChI=1S/C12H22N2O/c1-10(2)11-6-5-9-14(11)12(15)13-7-3-4-8-13/h10-11H,3-9H2,1-2H3. The van der Waals surface area contributed by atoms with Crippen LogP contribution in [-0.2, 0) is 0 Å². The first-order chi connectivity index (χ1) is 7.20. The number of likely N-dealkylation sites (tertiary alicyclic amines) is 2. The van der Waals surface area contributed by atoms with Gasteiger partial charge in [-0.25, -0.2) is 4.79 Å². The van der Waals surface area contributed by atoms with Crippen LogP contribution >= 0.6 is 0 Å². The molecule has 3 heteroatoms. The van der Waals surface area contributed by atoms with Gasteiger partial charge < -0.3 is 9.80 Å². The lowest BCUT2D eigenvalue weighted by Crippen LogP contribution is -2.45. The topological polar surface area (TPSA) is 23.6 Å². The fraction of sp³-hybridized carbons (Fsp3) is 0.917. The number of nitrogens with zero attached hydrogens (tertiary/aromatic N) is 2. The van der Waals surface area contributed by atoms with Crippen molar-refractivity contribution in [3.05, 3.63) is 0 Å². The van der Waals surface area contributed by atoms with Crippen LogP contribution in [0.4, 0.5) is 4.79 Å². The molecule has 1 unspecified atom stereocenters. The predicted molar refractivity (Wildman–Crippen MR) is 60.8 cm³/mol. The van der Waals surface area contributed by atoms with Gasteiger partial charge in [-0.1, -0.05) is 13.8 Å². The van der Waals surface area contributed by atoms with Gasteiger partial charge in [-0.15, -0.1) is 0 Å². The largest absolute Gasteiger partial charge is 0.325 e. The summed E-state index contributed by atoms with van der Waals surface area (Å²) in [5, 5.41) is 0. The minimum absolute atomic E-state index is 0.295. The molecule has 0 aromatic rings. The molecule has 2 saturated heterocycles. The first-order valence-electron chi connectivity index (χ1n) is 6.25. The van der Waals surface area contributed by atoms with Crippen molar-refractivity contribution >= 4 is 6.03 Å². The Kier molecular flexibility index (Phi) is 3.17. The minimum atomic E-state index is 0.295. The third-order valence-corrected chi connectivity index (χ3v) is 3.69. The number of carbonyl (C=O) groups is 1. The summed E-state index contributed by atoms with van der Waals surface area (Å²) in [5.41, 5.74) is 0. The maximum atomic E-state index is 12.2. The van der Waals surface area contributed by atoms with Gasteiger partial charge in [0.15, 0.2) is 0 Å². The molecule has 0 aliphatic carbocycles. The molecule has 2 aliphatic rings. The minimum Gasteiger partial charge on any atom is -0.325 e. The highest BCUT2D eigenvalue weighted by atomic mass is 16.2. The van der Waals surface area contributed by atoms with Gasteiger partial charge in [-0.05, 0) is 31.6 Å². The number of hydrogen-bond donors (Lipinski definition) is 0. The van der Waals surface area contributed by atoms with E-state index in [2.05, 4.69) is 18.7 Å². The Hall–Kier alpha value is -0.730. The van der Waals surface area contributed by atoms with Crippen molar-refractivity contribution in [2.45, 2.75) is 45.6 Å². The second kappa shape index (κ2) is 4.42. The third kappa shape index (κ3) is 2.11. The average Bonchev–Trinajstić information content (AvgIpc) is 2.88. The van der Waals surface area contributed by atoms with E-state index in [1.54, 1.807) is 0 Å². The van der Waals surface area contributed by atoms with Gasteiger partial charge in [-0.2, -0.15) is 0 Å². The monoisotopic (exact) mass is 210 g/mol. The lowest BCUT2D eigenvalue weighted by molar-refractivity contribution is 0.146. The van der Waals surface area contributed by atoms with E-state index in [-0.39, 0.29) is 0 Å². The van der Waals surface area contributed by atoms with Gasteiger partial charge in [0.1, 0.15) is 0 Å². The first kappa shape index (κ1) is 10.8. The maximum absolute atomic E-state index is 12.2. The zero-order valence-corrected chi connectivity index (χ0v) is 9.91. The molecule has 1 atom stereocenters. The number of rotatable bonds is 1. The Morgan fingerprint density at radius 3 is 2.40 bits per heavy atom. The lowest BCUT2D eigenvalue weighted by Gasteiger charge is -2.31. The summed E-state index contributed by atoms with van der Waals surface area (Å²) in [6.07, 6.45) is 4.75. The number of urea groups is 1. The van der Waals surface area contributed by atoms with Gasteiger partial charge in [0.2, 0.25) is 0 Å². The van der Waals surface area contributed by atoms with Crippen molar-refractivity contribution in [3.8, 4) is 0 Å². The van der Waals surface area contributed by atoms with Crippen LogP contribution in [0, 0.1) is 5.92 Å². The second-order valence-electron chi connectivity index (χ2n) is 5.12. The van der Waals surface area contributed by atoms with Crippen LogP contribution in [0.2, 0.25) is 0 Å². The smallest absolute Gasteiger partial charge is 0.320 e. The Balaban J connectivity index is 1.99. The normalized spacial score (nSPS) is 26.7. The molecule has 0 aromatic carbocycles. The third-order valence-electron chi connectivity index (χ3n) is 3.69. The summed E-state index contributed by atoms with van der Waals surface area (Å²) in [4.78, 5) is 16.3. The number of amides is 2.